The zero-order valence-corrected chi connectivity index (χ0v) is 10.2. The van der Waals surface area contributed by atoms with Gasteiger partial charge in [-0.3, -0.25) is 4.79 Å². The fourth-order valence-electron chi connectivity index (χ4n) is 2.04. The molecule has 17 heavy (non-hydrogen) atoms. The van der Waals surface area contributed by atoms with Crippen LogP contribution in [0.4, 0.5) is 0 Å². The number of hydrogen-bond acceptors (Lipinski definition) is 4. The number of carbonyl (C=O) groups excluding carboxylic acids is 1. The van der Waals surface area contributed by atoms with Crippen molar-refractivity contribution in [2.24, 2.45) is 5.73 Å². The SMILES string of the molecule is CCCCC(N)C(=O)N1CCn2cnnc2C1. The molecule has 0 aromatic carbocycles. The predicted molar refractivity (Wildman–Crippen MR) is 62.9 cm³/mol. The van der Waals surface area contributed by atoms with Gasteiger partial charge >= 0.3 is 0 Å². The van der Waals surface area contributed by atoms with Gasteiger partial charge in [0.2, 0.25) is 5.91 Å². The van der Waals surface area contributed by atoms with Gasteiger partial charge in [-0.05, 0) is 6.42 Å². The lowest BCUT2D eigenvalue weighted by Gasteiger charge is -2.29. The van der Waals surface area contributed by atoms with Gasteiger partial charge in [-0.2, -0.15) is 0 Å². The molecule has 2 rings (SSSR count). The molecule has 1 aromatic rings. The zero-order valence-electron chi connectivity index (χ0n) is 10.2. The minimum absolute atomic E-state index is 0.0349. The Bertz CT molecular complexity index is 389. The van der Waals surface area contributed by atoms with Crippen LogP contribution in [0.25, 0.3) is 0 Å². The fraction of sp³-hybridized carbons (Fsp3) is 0.727. The van der Waals surface area contributed by atoms with Crippen molar-refractivity contribution in [3.63, 3.8) is 0 Å². The second-order valence-corrected chi connectivity index (χ2v) is 4.45. The second-order valence-electron chi connectivity index (χ2n) is 4.45. The number of hydrogen-bond donors (Lipinski definition) is 1. The molecular formula is C11H19N5O. The first kappa shape index (κ1) is 12.0. The van der Waals surface area contributed by atoms with Crippen molar-refractivity contribution in [3.8, 4) is 0 Å². The normalized spacial score (nSPS) is 16.7. The number of unbranched alkanes of at least 4 members (excludes halogenated alkanes) is 1. The third-order valence-corrected chi connectivity index (χ3v) is 3.14. The molecule has 0 radical (unpaired) electrons. The van der Waals surface area contributed by atoms with Crippen LogP contribution in [-0.4, -0.2) is 38.2 Å². The molecule has 0 saturated heterocycles. The van der Waals surface area contributed by atoms with Crippen molar-refractivity contribution in [2.75, 3.05) is 6.54 Å². The van der Waals surface area contributed by atoms with Crippen molar-refractivity contribution < 1.29 is 4.79 Å². The highest BCUT2D eigenvalue weighted by molar-refractivity contribution is 5.81. The Hall–Kier alpha value is -1.43. The van der Waals surface area contributed by atoms with Crippen LogP contribution in [0.1, 0.15) is 32.0 Å². The van der Waals surface area contributed by atoms with E-state index in [1.54, 1.807) is 11.2 Å². The maximum Gasteiger partial charge on any atom is 0.239 e. The summed E-state index contributed by atoms with van der Waals surface area (Å²) in [5.74, 6) is 0.875. The zero-order chi connectivity index (χ0) is 12.3. The molecule has 1 unspecified atom stereocenters. The first-order valence-corrected chi connectivity index (χ1v) is 6.13. The average molecular weight is 237 g/mol. The van der Waals surface area contributed by atoms with Gasteiger partial charge in [-0.25, -0.2) is 0 Å². The molecule has 0 saturated carbocycles. The standard InChI is InChI=1S/C11H19N5O/c1-2-3-4-9(12)11(17)15-5-6-16-8-13-14-10(16)7-15/h8-9H,2-7,12H2,1H3. The van der Waals surface area contributed by atoms with Gasteiger partial charge in [0, 0.05) is 13.1 Å². The van der Waals surface area contributed by atoms with Crippen LogP contribution < -0.4 is 5.73 Å². The van der Waals surface area contributed by atoms with Crippen molar-refractivity contribution in [3.05, 3.63) is 12.2 Å². The largest absolute Gasteiger partial charge is 0.332 e. The molecule has 1 aliphatic rings. The molecule has 1 atom stereocenters. The second kappa shape index (κ2) is 5.27. The summed E-state index contributed by atoms with van der Waals surface area (Å²) in [7, 11) is 0. The number of carbonyl (C=O) groups is 1. The highest BCUT2D eigenvalue weighted by Gasteiger charge is 2.25. The Morgan fingerprint density at radius 1 is 1.59 bits per heavy atom. The predicted octanol–water partition coefficient (Wildman–Crippen LogP) is 0.138. The molecular weight excluding hydrogens is 218 g/mol. The molecule has 94 valence electrons. The molecule has 6 nitrogen and oxygen atoms in total. The molecule has 1 amide bonds. The molecule has 0 fully saturated rings. The first-order valence-electron chi connectivity index (χ1n) is 6.13. The highest BCUT2D eigenvalue weighted by Crippen LogP contribution is 2.11. The Morgan fingerprint density at radius 3 is 3.18 bits per heavy atom. The minimum Gasteiger partial charge on any atom is -0.332 e. The Labute approximate surface area is 101 Å². The number of nitrogens with two attached hydrogens (primary N) is 1. The van der Waals surface area contributed by atoms with Crippen LogP contribution >= 0.6 is 0 Å². The minimum atomic E-state index is -0.371. The van der Waals surface area contributed by atoms with Gasteiger partial charge < -0.3 is 15.2 Å². The molecule has 0 aliphatic carbocycles. The van der Waals surface area contributed by atoms with Crippen LogP contribution in [0, 0.1) is 0 Å². The molecule has 2 heterocycles. The van der Waals surface area contributed by atoms with Gasteiger partial charge in [0.05, 0.1) is 12.6 Å². The van der Waals surface area contributed by atoms with Gasteiger partial charge in [-0.15, -0.1) is 10.2 Å². The molecule has 1 aliphatic heterocycles. The number of rotatable bonds is 4. The van der Waals surface area contributed by atoms with E-state index >= 15 is 0 Å². The summed E-state index contributed by atoms with van der Waals surface area (Å²) in [4.78, 5) is 13.9. The monoisotopic (exact) mass is 237 g/mol. The van der Waals surface area contributed by atoms with Crippen LogP contribution in [0.15, 0.2) is 6.33 Å². The lowest BCUT2D eigenvalue weighted by molar-refractivity contribution is -0.134. The summed E-state index contributed by atoms with van der Waals surface area (Å²) >= 11 is 0. The van der Waals surface area contributed by atoms with Gasteiger partial charge in [0.15, 0.2) is 5.82 Å². The summed E-state index contributed by atoms with van der Waals surface area (Å²) < 4.78 is 1.97. The Morgan fingerprint density at radius 2 is 2.41 bits per heavy atom. The van der Waals surface area contributed by atoms with E-state index in [2.05, 4.69) is 17.1 Å². The lowest BCUT2D eigenvalue weighted by atomic mass is 10.1. The maximum absolute atomic E-state index is 12.1. The smallest absolute Gasteiger partial charge is 0.239 e. The average Bonchev–Trinajstić information content (AvgIpc) is 2.81. The number of nitrogens with zero attached hydrogens (tertiary/aromatic N) is 4. The summed E-state index contributed by atoms with van der Waals surface area (Å²) in [6.07, 6.45) is 4.53. The number of amides is 1. The lowest BCUT2D eigenvalue weighted by Crippen LogP contribution is -2.46. The summed E-state index contributed by atoms with van der Waals surface area (Å²) in [5, 5.41) is 7.82. The van der Waals surface area contributed by atoms with E-state index in [1.807, 2.05) is 4.57 Å². The molecule has 2 N–H and O–H groups in total. The van der Waals surface area contributed by atoms with Crippen molar-refractivity contribution in [1.29, 1.82) is 0 Å². The van der Waals surface area contributed by atoms with Crippen LogP contribution in [0.2, 0.25) is 0 Å². The van der Waals surface area contributed by atoms with E-state index in [0.717, 1.165) is 31.6 Å². The topological polar surface area (TPSA) is 77.0 Å². The van der Waals surface area contributed by atoms with Gasteiger partial charge in [-0.1, -0.05) is 19.8 Å². The third-order valence-electron chi connectivity index (χ3n) is 3.14. The van der Waals surface area contributed by atoms with E-state index in [0.29, 0.717) is 13.1 Å². The van der Waals surface area contributed by atoms with E-state index < -0.39 is 0 Å². The van der Waals surface area contributed by atoms with Crippen LogP contribution in [0.5, 0.6) is 0 Å². The van der Waals surface area contributed by atoms with Crippen molar-refractivity contribution >= 4 is 5.91 Å². The fourth-order valence-corrected chi connectivity index (χ4v) is 2.04. The van der Waals surface area contributed by atoms with Crippen molar-refractivity contribution in [2.45, 2.75) is 45.3 Å². The maximum atomic E-state index is 12.1. The van der Waals surface area contributed by atoms with Crippen LogP contribution in [0.3, 0.4) is 0 Å². The van der Waals surface area contributed by atoms with E-state index in [9.17, 15) is 4.79 Å². The van der Waals surface area contributed by atoms with E-state index in [1.165, 1.54) is 0 Å². The van der Waals surface area contributed by atoms with Crippen LogP contribution in [-0.2, 0) is 17.9 Å². The quantitative estimate of drug-likeness (QED) is 0.808. The van der Waals surface area contributed by atoms with E-state index in [-0.39, 0.29) is 11.9 Å². The summed E-state index contributed by atoms with van der Waals surface area (Å²) in [5.41, 5.74) is 5.90. The molecule has 1 aromatic heterocycles. The van der Waals surface area contributed by atoms with E-state index in [4.69, 9.17) is 5.73 Å². The Kier molecular flexibility index (Phi) is 3.73. The number of aromatic nitrogens is 3. The first-order chi connectivity index (χ1) is 8.22. The highest BCUT2D eigenvalue weighted by atomic mass is 16.2. The third kappa shape index (κ3) is 2.63. The number of fused-ring (bicyclic) bond motifs is 1. The molecule has 0 spiro atoms. The van der Waals surface area contributed by atoms with Gasteiger partial charge in [0.25, 0.3) is 0 Å². The van der Waals surface area contributed by atoms with Crippen molar-refractivity contribution in [1.82, 2.24) is 19.7 Å². The van der Waals surface area contributed by atoms with Gasteiger partial charge in [0.1, 0.15) is 6.33 Å². The summed E-state index contributed by atoms with van der Waals surface area (Å²) in [6.45, 7) is 4.08. The Balaban J connectivity index is 1.93. The summed E-state index contributed by atoms with van der Waals surface area (Å²) in [6, 6.07) is -0.371. The molecule has 0 bridgehead atoms. The molecule has 6 heteroatoms.